The van der Waals surface area contributed by atoms with Crippen LogP contribution in [0.5, 0.6) is 5.75 Å². The number of hydrogen-bond acceptors (Lipinski definition) is 2. The average Bonchev–Trinajstić information content (AvgIpc) is 2.14. The molecule has 2 heteroatoms. The molecule has 1 atom stereocenters. The van der Waals surface area contributed by atoms with Gasteiger partial charge in [0.1, 0.15) is 12.4 Å². The normalized spacial score (nSPS) is 13.6. The molecule has 0 saturated heterocycles. The van der Waals surface area contributed by atoms with Crippen LogP contribution in [-0.4, -0.2) is 17.8 Å². The monoisotopic (exact) mass is 222 g/mol. The van der Waals surface area contributed by atoms with Crippen molar-refractivity contribution in [1.29, 1.82) is 0 Å². The van der Waals surface area contributed by atoms with Gasteiger partial charge in [0.05, 0.1) is 6.10 Å². The molecule has 0 aromatic heterocycles. The van der Waals surface area contributed by atoms with Gasteiger partial charge >= 0.3 is 0 Å². The van der Waals surface area contributed by atoms with Crippen LogP contribution in [0.15, 0.2) is 24.3 Å². The Hall–Kier alpha value is -1.02. The molecule has 16 heavy (non-hydrogen) atoms. The van der Waals surface area contributed by atoms with Crippen molar-refractivity contribution in [3.8, 4) is 5.75 Å². The van der Waals surface area contributed by atoms with Crippen molar-refractivity contribution in [1.82, 2.24) is 0 Å². The van der Waals surface area contributed by atoms with Gasteiger partial charge in [0, 0.05) is 0 Å². The van der Waals surface area contributed by atoms with Crippen LogP contribution in [0.4, 0.5) is 0 Å². The summed E-state index contributed by atoms with van der Waals surface area (Å²) in [5.74, 6) is 0.857. The minimum absolute atomic E-state index is 0.133. The third-order valence-corrected chi connectivity index (χ3v) is 2.37. The number of aliphatic hydroxyl groups is 1. The molecule has 0 aliphatic carbocycles. The minimum atomic E-state index is -0.403. The van der Waals surface area contributed by atoms with E-state index in [1.165, 1.54) is 0 Å². The van der Waals surface area contributed by atoms with Crippen LogP contribution in [-0.2, 0) is 0 Å². The van der Waals surface area contributed by atoms with Gasteiger partial charge in [0.25, 0.3) is 0 Å². The van der Waals surface area contributed by atoms with Gasteiger partial charge in [-0.05, 0) is 30.4 Å². The molecule has 0 saturated carbocycles. The largest absolute Gasteiger partial charge is 0.491 e. The van der Waals surface area contributed by atoms with E-state index >= 15 is 0 Å². The van der Waals surface area contributed by atoms with Crippen molar-refractivity contribution in [3.63, 3.8) is 0 Å². The first-order chi connectivity index (χ1) is 7.38. The summed E-state index contributed by atoms with van der Waals surface area (Å²) in [7, 11) is 0. The van der Waals surface area contributed by atoms with E-state index in [0.717, 1.165) is 17.7 Å². The molecule has 0 radical (unpaired) electrons. The van der Waals surface area contributed by atoms with Crippen LogP contribution in [0.3, 0.4) is 0 Å². The maximum absolute atomic E-state index is 9.81. The van der Waals surface area contributed by atoms with E-state index in [0.29, 0.717) is 6.61 Å². The zero-order valence-corrected chi connectivity index (χ0v) is 10.7. The summed E-state index contributed by atoms with van der Waals surface area (Å²) in [6, 6.07) is 7.86. The molecular formula is C14H22O2. The first-order valence-electron chi connectivity index (χ1n) is 5.75. The first kappa shape index (κ1) is 13.0. The van der Waals surface area contributed by atoms with Crippen LogP contribution in [0.2, 0.25) is 0 Å². The zero-order chi connectivity index (χ0) is 12.2. The van der Waals surface area contributed by atoms with E-state index < -0.39 is 6.10 Å². The number of hydrogen-bond donors (Lipinski definition) is 1. The Morgan fingerprint density at radius 2 is 1.88 bits per heavy atom. The Bertz CT molecular complexity index is 326. The van der Waals surface area contributed by atoms with Gasteiger partial charge in [-0.3, -0.25) is 0 Å². The van der Waals surface area contributed by atoms with Gasteiger partial charge < -0.3 is 9.84 Å². The molecule has 0 aliphatic heterocycles. The Balaban J connectivity index is 2.43. The van der Waals surface area contributed by atoms with Gasteiger partial charge in [-0.1, -0.05) is 39.0 Å². The molecule has 2 nitrogen and oxygen atoms in total. The third kappa shape index (κ3) is 4.67. The fourth-order valence-electron chi connectivity index (χ4n) is 1.67. The van der Waals surface area contributed by atoms with Crippen LogP contribution in [0.25, 0.3) is 0 Å². The second kappa shape index (κ2) is 5.35. The van der Waals surface area contributed by atoms with E-state index in [1.807, 2.05) is 31.2 Å². The highest BCUT2D eigenvalue weighted by Gasteiger charge is 2.17. The summed E-state index contributed by atoms with van der Waals surface area (Å²) >= 11 is 0. The molecule has 90 valence electrons. The highest BCUT2D eigenvalue weighted by molar-refractivity contribution is 5.31. The van der Waals surface area contributed by atoms with Crippen molar-refractivity contribution in [2.24, 2.45) is 5.41 Å². The number of para-hydroxylation sites is 1. The molecule has 0 spiro atoms. The van der Waals surface area contributed by atoms with Gasteiger partial charge in [0.15, 0.2) is 0 Å². The molecule has 1 N–H and O–H groups in total. The fraction of sp³-hybridized carbons (Fsp3) is 0.571. The number of aryl methyl sites for hydroxylation is 1. The smallest absolute Gasteiger partial charge is 0.122 e. The predicted octanol–water partition coefficient (Wildman–Crippen LogP) is 3.17. The number of benzene rings is 1. The second-order valence-electron chi connectivity index (χ2n) is 5.50. The molecule has 1 rings (SSSR count). The highest BCUT2D eigenvalue weighted by atomic mass is 16.5. The van der Waals surface area contributed by atoms with Crippen LogP contribution in [0.1, 0.15) is 32.8 Å². The van der Waals surface area contributed by atoms with Crippen molar-refractivity contribution in [3.05, 3.63) is 29.8 Å². The van der Waals surface area contributed by atoms with Crippen LogP contribution >= 0.6 is 0 Å². The molecule has 0 amide bonds. The maximum Gasteiger partial charge on any atom is 0.122 e. The third-order valence-electron chi connectivity index (χ3n) is 2.37. The molecular weight excluding hydrogens is 200 g/mol. The summed E-state index contributed by atoms with van der Waals surface area (Å²) in [4.78, 5) is 0. The summed E-state index contributed by atoms with van der Waals surface area (Å²) in [5.41, 5.74) is 1.24. The van der Waals surface area contributed by atoms with Crippen molar-refractivity contribution >= 4 is 0 Å². The van der Waals surface area contributed by atoms with Gasteiger partial charge in [-0.25, -0.2) is 0 Å². The van der Waals surface area contributed by atoms with Gasteiger partial charge in [-0.2, -0.15) is 0 Å². The molecule has 1 unspecified atom stereocenters. The Morgan fingerprint density at radius 1 is 1.25 bits per heavy atom. The first-order valence-corrected chi connectivity index (χ1v) is 5.75. The molecule has 0 bridgehead atoms. The Kier molecular flexibility index (Phi) is 4.36. The zero-order valence-electron chi connectivity index (χ0n) is 10.7. The number of aliphatic hydroxyl groups excluding tert-OH is 1. The van der Waals surface area contributed by atoms with E-state index in [-0.39, 0.29) is 5.41 Å². The average molecular weight is 222 g/mol. The summed E-state index contributed by atoms with van der Waals surface area (Å²) in [6.45, 7) is 8.71. The van der Waals surface area contributed by atoms with E-state index in [9.17, 15) is 5.11 Å². The van der Waals surface area contributed by atoms with Crippen LogP contribution < -0.4 is 4.74 Å². The fourth-order valence-corrected chi connectivity index (χ4v) is 1.67. The standard InChI is InChI=1S/C14H22O2/c1-11-7-5-6-8-13(11)16-10-12(15)9-14(2,3)4/h5-8,12,15H,9-10H2,1-4H3. The van der Waals surface area contributed by atoms with Crippen molar-refractivity contribution in [2.75, 3.05) is 6.61 Å². The molecule has 1 aromatic rings. The van der Waals surface area contributed by atoms with Crippen molar-refractivity contribution < 1.29 is 9.84 Å². The lowest BCUT2D eigenvalue weighted by atomic mass is 9.89. The lowest BCUT2D eigenvalue weighted by molar-refractivity contribution is 0.0708. The molecule has 1 aromatic carbocycles. The quantitative estimate of drug-likeness (QED) is 0.848. The highest BCUT2D eigenvalue weighted by Crippen LogP contribution is 2.22. The minimum Gasteiger partial charge on any atom is -0.491 e. The number of ether oxygens (including phenoxy) is 1. The Labute approximate surface area is 98.3 Å². The molecule has 0 heterocycles. The van der Waals surface area contributed by atoms with Gasteiger partial charge in [0.2, 0.25) is 0 Å². The van der Waals surface area contributed by atoms with Gasteiger partial charge in [-0.15, -0.1) is 0 Å². The van der Waals surface area contributed by atoms with Crippen LogP contribution in [0, 0.1) is 12.3 Å². The lowest BCUT2D eigenvalue weighted by Gasteiger charge is -2.22. The molecule has 0 fully saturated rings. The summed E-state index contributed by atoms with van der Waals surface area (Å²) in [6.07, 6.45) is 0.346. The maximum atomic E-state index is 9.81. The molecule has 0 aliphatic rings. The number of rotatable bonds is 4. The summed E-state index contributed by atoms with van der Waals surface area (Å²) < 4.78 is 5.59. The lowest BCUT2D eigenvalue weighted by Crippen LogP contribution is -2.24. The van der Waals surface area contributed by atoms with E-state index in [1.54, 1.807) is 0 Å². The van der Waals surface area contributed by atoms with E-state index in [2.05, 4.69) is 20.8 Å². The topological polar surface area (TPSA) is 29.5 Å². The summed E-state index contributed by atoms with van der Waals surface area (Å²) in [5, 5.41) is 9.81. The Morgan fingerprint density at radius 3 is 2.44 bits per heavy atom. The predicted molar refractivity (Wildman–Crippen MR) is 66.8 cm³/mol. The second-order valence-corrected chi connectivity index (χ2v) is 5.50. The SMILES string of the molecule is Cc1ccccc1OCC(O)CC(C)(C)C. The van der Waals surface area contributed by atoms with E-state index in [4.69, 9.17) is 4.74 Å². The van der Waals surface area contributed by atoms with Crippen molar-refractivity contribution in [2.45, 2.75) is 40.2 Å².